The van der Waals surface area contributed by atoms with Crippen LogP contribution in [0.15, 0.2) is 45.6 Å². The summed E-state index contributed by atoms with van der Waals surface area (Å²) in [5.74, 6) is 0.516. The van der Waals surface area contributed by atoms with Crippen molar-refractivity contribution in [2.75, 3.05) is 26.8 Å². The number of hydrogen-bond donors (Lipinski definition) is 0. The molecule has 8 nitrogen and oxygen atoms in total. The maximum Gasteiger partial charge on any atom is 0.328 e. The van der Waals surface area contributed by atoms with Crippen LogP contribution in [0.3, 0.4) is 0 Å². The first-order valence-corrected chi connectivity index (χ1v) is 10.9. The molecular formula is C21H26BrN5O3. The van der Waals surface area contributed by atoms with Gasteiger partial charge in [-0.25, -0.2) is 9.79 Å². The average Bonchev–Trinajstić information content (AvgIpc) is 3.24. The molecule has 0 aliphatic carbocycles. The predicted octanol–water partition coefficient (Wildman–Crippen LogP) is 2.81. The Balaban J connectivity index is 1.53. The van der Waals surface area contributed by atoms with Gasteiger partial charge in [0.15, 0.2) is 12.2 Å². The lowest BCUT2D eigenvalue weighted by molar-refractivity contribution is -0.137. The highest BCUT2D eigenvalue weighted by Gasteiger charge is 2.54. The van der Waals surface area contributed by atoms with Gasteiger partial charge >= 0.3 is 6.03 Å². The van der Waals surface area contributed by atoms with Crippen molar-refractivity contribution >= 4 is 33.8 Å². The van der Waals surface area contributed by atoms with Crippen LogP contribution in [0.2, 0.25) is 0 Å². The Kier molecular flexibility index (Phi) is 5.84. The Morgan fingerprint density at radius 3 is 2.60 bits per heavy atom. The number of rotatable bonds is 7. The van der Waals surface area contributed by atoms with Crippen LogP contribution < -0.4 is 0 Å². The summed E-state index contributed by atoms with van der Waals surface area (Å²) < 4.78 is 6.40. The van der Waals surface area contributed by atoms with Crippen LogP contribution in [0.25, 0.3) is 0 Å². The lowest BCUT2D eigenvalue weighted by atomic mass is 10.1. The highest BCUT2D eigenvalue weighted by atomic mass is 79.9. The molecule has 0 bridgehead atoms. The van der Waals surface area contributed by atoms with Crippen LogP contribution in [-0.4, -0.2) is 76.5 Å². The summed E-state index contributed by atoms with van der Waals surface area (Å²) in [4.78, 5) is 38.0. The average molecular weight is 476 g/mol. The molecule has 0 spiro atoms. The van der Waals surface area contributed by atoms with Crippen molar-refractivity contribution < 1.29 is 14.3 Å². The number of carbonyl (C=O) groups excluding carboxylic acids is 2. The largest absolute Gasteiger partial charge is 0.382 e. The second kappa shape index (κ2) is 8.39. The van der Waals surface area contributed by atoms with Crippen LogP contribution in [0, 0.1) is 0 Å². The number of carbonyl (C=O) groups is 2. The van der Waals surface area contributed by atoms with E-state index in [0.717, 1.165) is 34.7 Å². The van der Waals surface area contributed by atoms with Gasteiger partial charge < -0.3 is 19.4 Å². The van der Waals surface area contributed by atoms with Gasteiger partial charge in [-0.05, 0) is 38.0 Å². The molecule has 0 radical (unpaired) electrons. The van der Waals surface area contributed by atoms with Crippen molar-refractivity contribution in [1.82, 2.24) is 19.6 Å². The van der Waals surface area contributed by atoms with E-state index in [4.69, 9.17) is 9.73 Å². The van der Waals surface area contributed by atoms with Crippen molar-refractivity contribution in [3.63, 3.8) is 0 Å². The standard InChI is InChI=1S/C21H26BrN5O3/c1-4-30-11-5-10-25-14(2)12-26-17-18(23-20(25)26)24(3)21(29)27(19(17)28)13-15-6-8-16(22)9-7-15/h6-9,12,17-18H,4-5,10-11,13H2,1-3H3. The zero-order valence-corrected chi connectivity index (χ0v) is 19.0. The molecule has 160 valence electrons. The van der Waals surface area contributed by atoms with Gasteiger partial charge in [-0.3, -0.25) is 9.69 Å². The number of benzene rings is 1. The number of amides is 3. The zero-order valence-electron chi connectivity index (χ0n) is 17.4. The first-order valence-electron chi connectivity index (χ1n) is 10.1. The molecule has 3 amide bonds. The summed E-state index contributed by atoms with van der Waals surface area (Å²) in [5, 5.41) is 0. The van der Waals surface area contributed by atoms with Gasteiger partial charge in [-0.1, -0.05) is 28.1 Å². The molecule has 2 unspecified atom stereocenters. The van der Waals surface area contributed by atoms with Crippen LogP contribution in [0.4, 0.5) is 4.79 Å². The smallest absolute Gasteiger partial charge is 0.328 e. The molecule has 30 heavy (non-hydrogen) atoms. The number of nitrogens with zero attached hydrogens (tertiary/aromatic N) is 5. The van der Waals surface area contributed by atoms with Crippen molar-refractivity contribution in [3.8, 4) is 0 Å². The summed E-state index contributed by atoms with van der Waals surface area (Å²) in [6, 6.07) is 6.78. The van der Waals surface area contributed by atoms with E-state index in [1.54, 1.807) is 11.9 Å². The fourth-order valence-corrected chi connectivity index (χ4v) is 4.33. The second-order valence-electron chi connectivity index (χ2n) is 7.61. The third-order valence-electron chi connectivity index (χ3n) is 5.63. The molecule has 1 aromatic rings. The van der Waals surface area contributed by atoms with E-state index in [1.165, 1.54) is 4.90 Å². The van der Waals surface area contributed by atoms with Gasteiger partial charge in [0.05, 0.1) is 6.54 Å². The van der Waals surface area contributed by atoms with Gasteiger partial charge in [-0.15, -0.1) is 0 Å². The molecule has 9 heteroatoms. The molecule has 4 rings (SSSR count). The maximum atomic E-state index is 13.4. The van der Waals surface area contributed by atoms with E-state index in [1.807, 2.05) is 49.2 Å². The van der Waals surface area contributed by atoms with E-state index in [9.17, 15) is 9.59 Å². The Bertz CT molecular complexity index is 900. The highest BCUT2D eigenvalue weighted by molar-refractivity contribution is 9.10. The number of guanidine groups is 1. The summed E-state index contributed by atoms with van der Waals surface area (Å²) in [6.07, 6.45) is 2.31. The molecule has 1 aromatic carbocycles. The number of aliphatic imine (C=N–C) groups is 1. The topological polar surface area (TPSA) is 68.7 Å². The van der Waals surface area contributed by atoms with Crippen molar-refractivity contribution in [2.24, 2.45) is 4.99 Å². The maximum absolute atomic E-state index is 13.4. The first kappa shape index (κ1) is 20.9. The number of ether oxygens (including phenoxy) is 1. The lowest BCUT2D eigenvalue weighted by Gasteiger charge is -2.40. The number of urea groups is 1. The minimum Gasteiger partial charge on any atom is -0.382 e. The molecular weight excluding hydrogens is 450 g/mol. The highest BCUT2D eigenvalue weighted by Crippen LogP contribution is 2.34. The quantitative estimate of drug-likeness (QED) is 0.567. The molecule has 1 saturated heterocycles. The Morgan fingerprint density at radius 2 is 1.90 bits per heavy atom. The molecule has 3 heterocycles. The van der Waals surface area contributed by atoms with Crippen LogP contribution in [0.5, 0.6) is 0 Å². The molecule has 3 aliphatic heterocycles. The predicted molar refractivity (Wildman–Crippen MR) is 116 cm³/mol. The van der Waals surface area contributed by atoms with E-state index in [2.05, 4.69) is 20.8 Å². The van der Waals surface area contributed by atoms with Crippen LogP contribution in [0.1, 0.15) is 25.8 Å². The number of hydrogen-bond acceptors (Lipinski definition) is 6. The molecule has 0 N–H and O–H groups in total. The van der Waals surface area contributed by atoms with Gasteiger partial charge in [0.25, 0.3) is 5.91 Å². The monoisotopic (exact) mass is 475 g/mol. The summed E-state index contributed by atoms with van der Waals surface area (Å²) in [7, 11) is 1.71. The van der Waals surface area contributed by atoms with Gasteiger partial charge in [0.2, 0.25) is 5.96 Å². The fourth-order valence-electron chi connectivity index (χ4n) is 4.07. The number of imide groups is 1. The van der Waals surface area contributed by atoms with Gasteiger partial charge in [0, 0.05) is 43.2 Å². The molecule has 1 fully saturated rings. The minimum atomic E-state index is -0.537. The molecule has 0 aromatic heterocycles. The van der Waals surface area contributed by atoms with E-state index in [0.29, 0.717) is 13.2 Å². The van der Waals surface area contributed by atoms with Crippen LogP contribution >= 0.6 is 15.9 Å². The van der Waals surface area contributed by atoms with Crippen LogP contribution in [-0.2, 0) is 16.1 Å². The normalized spacial score (nSPS) is 23.1. The molecule has 2 atom stereocenters. The molecule has 3 aliphatic rings. The first-order chi connectivity index (χ1) is 14.4. The lowest BCUT2D eigenvalue weighted by Crippen LogP contribution is -2.63. The van der Waals surface area contributed by atoms with E-state index >= 15 is 0 Å². The molecule has 0 saturated carbocycles. The van der Waals surface area contributed by atoms with Crippen molar-refractivity contribution in [3.05, 3.63) is 46.2 Å². The van der Waals surface area contributed by atoms with Gasteiger partial charge in [-0.2, -0.15) is 0 Å². The Labute approximate surface area is 184 Å². The third-order valence-corrected chi connectivity index (χ3v) is 6.16. The van der Waals surface area contributed by atoms with Crippen molar-refractivity contribution in [2.45, 2.75) is 39.0 Å². The summed E-state index contributed by atoms with van der Waals surface area (Å²) in [5.41, 5.74) is 1.94. The summed E-state index contributed by atoms with van der Waals surface area (Å²) >= 11 is 3.41. The Hall–Kier alpha value is -2.39. The van der Waals surface area contributed by atoms with E-state index in [-0.39, 0.29) is 18.5 Å². The fraction of sp³-hybridized carbons (Fsp3) is 0.476. The van der Waals surface area contributed by atoms with Gasteiger partial charge in [0.1, 0.15) is 0 Å². The number of fused-ring (bicyclic) bond motifs is 3. The second-order valence-corrected chi connectivity index (χ2v) is 8.53. The van der Waals surface area contributed by atoms with E-state index < -0.39 is 12.2 Å². The van der Waals surface area contributed by atoms with Crippen molar-refractivity contribution in [1.29, 1.82) is 0 Å². The number of halogens is 1. The number of allylic oxidation sites excluding steroid dienone is 1. The Morgan fingerprint density at radius 1 is 1.17 bits per heavy atom. The zero-order chi connectivity index (χ0) is 21.4. The number of likely N-dealkylation sites (N-methyl/N-ethyl adjacent to an activating group) is 1. The minimum absolute atomic E-state index is 0.218. The SMILES string of the molecule is CCOCCCN1C(C)=CN2C1=NC1C2C(=O)N(Cc2ccc(Br)cc2)C(=O)N1C. The summed E-state index contributed by atoms with van der Waals surface area (Å²) in [6.45, 7) is 6.36. The third kappa shape index (κ3) is 3.60.